The highest BCUT2D eigenvalue weighted by atomic mass is 79.9. The van der Waals surface area contributed by atoms with Gasteiger partial charge in [0.05, 0.1) is 13.0 Å². The third-order valence-electron chi connectivity index (χ3n) is 2.25. The topological polar surface area (TPSA) is 52.3 Å². The van der Waals surface area contributed by atoms with E-state index in [0.29, 0.717) is 6.61 Å². The Labute approximate surface area is 104 Å². The largest absolute Gasteiger partial charge is 0.466 e. The monoisotopic (exact) mass is 285 g/mol. The predicted molar refractivity (Wildman–Crippen MR) is 67.1 cm³/mol. The molecule has 1 aromatic carbocycles. The normalized spacial score (nSPS) is 12.2. The van der Waals surface area contributed by atoms with Crippen LogP contribution in [0.3, 0.4) is 0 Å². The van der Waals surface area contributed by atoms with E-state index < -0.39 is 0 Å². The number of halogens is 1. The first-order valence-corrected chi connectivity index (χ1v) is 6.01. The van der Waals surface area contributed by atoms with E-state index in [0.717, 1.165) is 15.6 Å². The van der Waals surface area contributed by atoms with Gasteiger partial charge in [-0.05, 0) is 31.0 Å². The van der Waals surface area contributed by atoms with E-state index in [-0.39, 0.29) is 18.4 Å². The van der Waals surface area contributed by atoms with Crippen molar-refractivity contribution in [1.82, 2.24) is 0 Å². The zero-order valence-electron chi connectivity index (χ0n) is 9.50. The Morgan fingerprint density at radius 3 is 2.81 bits per heavy atom. The maximum atomic E-state index is 11.3. The molecule has 88 valence electrons. The van der Waals surface area contributed by atoms with E-state index in [4.69, 9.17) is 10.5 Å². The summed E-state index contributed by atoms with van der Waals surface area (Å²) in [7, 11) is 0. The van der Waals surface area contributed by atoms with Gasteiger partial charge in [0.2, 0.25) is 0 Å². The van der Waals surface area contributed by atoms with Crippen molar-refractivity contribution in [3.63, 3.8) is 0 Å². The number of aryl methyl sites for hydroxylation is 1. The molecule has 3 nitrogen and oxygen atoms in total. The van der Waals surface area contributed by atoms with Gasteiger partial charge in [-0.3, -0.25) is 4.79 Å². The van der Waals surface area contributed by atoms with Gasteiger partial charge in [-0.15, -0.1) is 0 Å². The second kappa shape index (κ2) is 6.01. The summed E-state index contributed by atoms with van der Waals surface area (Å²) in [6.45, 7) is 4.18. The van der Waals surface area contributed by atoms with Crippen LogP contribution in [0.25, 0.3) is 0 Å². The number of rotatable bonds is 4. The highest BCUT2D eigenvalue weighted by molar-refractivity contribution is 9.10. The highest BCUT2D eigenvalue weighted by Crippen LogP contribution is 2.25. The van der Waals surface area contributed by atoms with Crippen molar-refractivity contribution < 1.29 is 9.53 Å². The molecule has 0 aliphatic carbocycles. The minimum Gasteiger partial charge on any atom is -0.466 e. The highest BCUT2D eigenvalue weighted by Gasteiger charge is 2.14. The standard InChI is InChI=1S/C12H16BrNO2/c1-3-16-12(15)7-11(14)9-5-4-8(2)6-10(9)13/h4-6,11H,3,7,14H2,1-2H3/t11-/m0/s1. The van der Waals surface area contributed by atoms with Gasteiger partial charge in [-0.1, -0.05) is 28.1 Å². The summed E-state index contributed by atoms with van der Waals surface area (Å²) >= 11 is 3.44. The SMILES string of the molecule is CCOC(=O)C[C@H](N)c1ccc(C)cc1Br. The van der Waals surface area contributed by atoms with Crippen LogP contribution < -0.4 is 5.73 Å². The fourth-order valence-electron chi connectivity index (χ4n) is 1.44. The number of hydrogen-bond donors (Lipinski definition) is 1. The first kappa shape index (κ1) is 13.2. The van der Waals surface area contributed by atoms with E-state index in [1.165, 1.54) is 0 Å². The molecular formula is C12H16BrNO2. The summed E-state index contributed by atoms with van der Waals surface area (Å²) in [6, 6.07) is 5.57. The van der Waals surface area contributed by atoms with E-state index in [2.05, 4.69) is 15.9 Å². The van der Waals surface area contributed by atoms with Crippen LogP contribution in [0.4, 0.5) is 0 Å². The van der Waals surface area contributed by atoms with Crippen LogP contribution in [0.1, 0.15) is 30.5 Å². The number of nitrogens with two attached hydrogens (primary N) is 1. The van der Waals surface area contributed by atoms with Crippen molar-refractivity contribution in [3.05, 3.63) is 33.8 Å². The van der Waals surface area contributed by atoms with Gasteiger partial charge >= 0.3 is 5.97 Å². The van der Waals surface area contributed by atoms with E-state index in [1.54, 1.807) is 6.92 Å². The lowest BCUT2D eigenvalue weighted by molar-refractivity contribution is -0.143. The van der Waals surface area contributed by atoms with Crippen LogP contribution in [0.5, 0.6) is 0 Å². The molecule has 0 saturated heterocycles. The maximum Gasteiger partial charge on any atom is 0.307 e. The second-order valence-electron chi connectivity index (χ2n) is 3.64. The molecule has 0 aromatic heterocycles. The Hall–Kier alpha value is -0.870. The summed E-state index contributed by atoms with van der Waals surface area (Å²) in [4.78, 5) is 11.3. The third kappa shape index (κ3) is 3.61. The van der Waals surface area contributed by atoms with Gasteiger partial charge in [-0.25, -0.2) is 0 Å². The second-order valence-corrected chi connectivity index (χ2v) is 4.49. The molecule has 0 bridgehead atoms. The fourth-order valence-corrected chi connectivity index (χ4v) is 2.23. The van der Waals surface area contributed by atoms with Crippen LogP contribution in [0.15, 0.2) is 22.7 Å². The average molecular weight is 286 g/mol. The Morgan fingerprint density at radius 2 is 2.25 bits per heavy atom. The number of ether oxygens (including phenoxy) is 1. The smallest absolute Gasteiger partial charge is 0.307 e. The van der Waals surface area contributed by atoms with Gasteiger partial charge in [0.25, 0.3) is 0 Å². The van der Waals surface area contributed by atoms with Crippen molar-refractivity contribution in [1.29, 1.82) is 0 Å². The quantitative estimate of drug-likeness (QED) is 0.866. The molecule has 1 rings (SSSR count). The number of esters is 1. The molecule has 0 heterocycles. The Bertz CT molecular complexity index is 379. The first-order valence-electron chi connectivity index (χ1n) is 5.21. The zero-order chi connectivity index (χ0) is 12.1. The van der Waals surface area contributed by atoms with E-state index >= 15 is 0 Å². The number of hydrogen-bond acceptors (Lipinski definition) is 3. The number of carbonyl (C=O) groups is 1. The van der Waals surface area contributed by atoms with Crippen molar-refractivity contribution in [2.75, 3.05) is 6.61 Å². The molecule has 0 saturated carbocycles. The van der Waals surface area contributed by atoms with Crippen LogP contribution in [-0.4, -0.2) is 12.6 Å². The summed E-state index contributed by atoms with van der Waals surface area (Å²) in [5.41, 5.74) is 8.03. The molecule has 0 fully saturated rings. The van der Waals surface area contributed by atoms with Gasteiger partial charge in [0.1, 0.15) is 0 Å². The molecule has 1 aromatic rings. The van der Waals surface area contributed by atoms with Gasteiger partial charge in [0, 0.05) is 10.5 Å². The minimum absolute atomic E-state index is 0.204. The molecule has 2 N–H and O–H groups in total. The molecule has 0 spiro atoms. The molecule has 0 radical (unpaired) electrons. The first-order chi connectivity index (χ1) is 7.54. The van der Waals surface area contributed by atoms with Gasteiger partial charge < -0.3 is 10.5 Å². The van der Waals surface area contributed by atoms with E-state index in [9.17, 15) is 4.79 Å². The van der Waals surface area contributed by atoms with Crippen molar-refractivity contribution in [2.24, 2.45) is 5.73 Å². The molecule has 4 heteroatoms. The van der Waals surface area contributed by atoms with Crippen molar-refractivity contribution in [3.8, 4) is 0 Å². The van der Waals surface area contributed by atoms with E-state index in [1.807, 2.05) is 25.1 Å². The lowest BCUT2D eigenvalue weighted by Gasteiger charge is -2.13. The Morgan fingerprint density at radius 1 is 1.56 bits per heavy atom. The predicted octanol–water partition coefficient (Wildman–Crippen LogP) is 2.71. The lowest BCUT2D eigenvalue weighted by atomic mass is 10.0. The van der Waals surface area contributed by atoms with Gasteiger partial charge in [0.15, 0.2) is 0 Å². The van der Waals surface area contributed by atoms with Crippen LogP contribution in [-0.2, 0) is 9.53 Å². The summed E-state index contributed by atoms with van der Waals surface area (Å²) in [6.07, 6.45) is 0.204. The number of carbonyl (C=O) groups excluding carboxylic acids is 1. The molecular weight excluding hydrogens is 270 g/mol. The molecule has 0 aliphatic heterocycles. The van der Waals surface area contributed by atoms with Crippen LogP contribution in [0, 0.1) is 6.92 Å². The Balaban J connectivity index is 2.72. The average Bonchev–Trinajstić information content (AvgIpc) is 2.17. The maximum absolute atomic E-state index is 11.3. The Kier molecular flexibility index (Phi) is 4.96. The van der Waals surface area contributed by atoms with Crippen LogP contribution >= 0.6 is 15.9 Å². The third-order valence-corrected chi connectivity index (χ3v) is 2.93. The molecule has 0 aliphatic rings. The lowest BCUT2D eigenvalue weighted by Crippen LogP contribution is -2.17. The fraction of sp³-hybridized carbons (Fsp3) is 0.417. The van der Waals surface area contributed by atoms with Crippen molar-refractivity contribution >= 4 is 21.9 Å². The minimum atomic E-state index is -0.325. The zero-order valence-corrected chi connectivity index (χ0v) is 11.1. The summed E-state index contributed by atoms with van der Waals surface area (Å²) < 4.78 is 5.80. The molecule has 0 amide bonds. The molecule has 0 unspecified atom stereocenters. The summed E-state index contributed by atoms with van der Waals surface area (Å²) in [5, 5.41) is 0. The van der Waals surface area contributed by atoms with Crippen molar-refractivity contribution in [2.45, 2.75) is 26.3 Å². The number of benzene rings is 1. The van der Waals surface area contributed by atoms with Crippen LogP contribution in [0.2, 0.25) is 0 Å². The molecule has 1 atom stereocenters. The molecule has 16 heavy (non-hydrogen) atoms. The van der Waals surface area contributed by atoms with Gasteiger partial charge in [-0.2, -0.15) is 0 Å². The summed E-state index contributed by atoms with van der Waals surface area (Å²) in [5.74, 6) is -0.262.